The lowest BCUT2D eigenvalue weighted by atomic mass is 10.0. The molecule has 0 spiro atoms. The minimum Gasteiger partial charge on any atom is -0.497 e. The monoisotopic (exact) mass is 321 g/mol. The standard InChI is InChI=1S/C16H20ClN3O2/c1-11(21)15(17)16(18-2)20-9-8-19-14(10-20)12-4-6-13(22-3)7-5-12/h4-7,14,19H,2,8-10H2,1,3H3/b16-15-. The van der Waals surface area contributed by atoms with Crippen molar-refractivity contribution in [3.63, 3.8) is 0 Å². The maximum atomic E-state index is 11.5. The molecule has 0 aromatic heterocycles. The number of carbonyl (C=O) groups excluding carboxylic acids is 1. The van der Waals surface area contributed by atoms with E-state index in [9.17, 15) is 4.79 Å². The van der Waals surface area contributed by atoms with Gasteiger partial charge in [0.05, 0.1) is 7.11 Å². The van der Waals surface area contributed by atoms with Gasteiger partial charge in [0, 0.05) is 32.6 Å². The van der Waals surface area contributed by atoms with Crippen LogP contribution < -0.4 is 10.1 Å². The number of carbonyl (C=O) groups is 1. The van der Waals surface area contributed by atoms with Gasteiger partial charge in [-0.15, -0.1) is 0 Å². The molecule has 0 saturated carbocycles. The zero-order valence-corrected chi connectivity index (χ0v) is 13.6. The van der Waals surface area contributed by atoms with Crippen LogP contribution in [-0.4, -0.2) is 44.1 Å². The Labute approximate surface area is 135 Å². The van der Waals surface area contributed by atoms with Crippen molar-refractivity contribution in [2.75, 3.05) is 26.7 Å². The third-order valence-corrected chi connectivity index (χ3v) is 4.08. The van der Waals surface area contributed by atoms with Crippen LogP contribution in [0, 0.1) is 0 Å². The first-order chi connectivity index (χ1) is 10.6. The Hall–Kier alpha value is -1.85. The number of aliphatic imine (C=N–C) groups is 1. The summed E-state index contributed by atoms with van der Waals surface area (Å²) in [6, 6.07) is 8.05. The van der Waals surface area contributed by atoms with Crippen LogP contribution in [-0.2, 0) is 4.79 Å². The normalized spacial score (nSPS) is 19.4. The number of Topliss-reactive ketones (excluding diaryl/α,β-unsaturated/α-hetero) is 1. The molecule has 1 saturated heterocycles. The summed E-state index contributed by atoms with van der Waals surface area (Å²) in [5, 5.41) is 3.58. The summed E-state index contributed by atoms with van der Waals surface area (Å²) in [5.74, 6) is 1.07. The fraction of sp³-hybridized carbons (Fsp3) is 0.375. The van der Waals surface area contributed by atoms with Gasteiger partial charge in [-0.25, -0.2) is 4.99 Å². The first kappa shape index (κ1) is 16.5. The van der Waals surface area contributed by atoms with E-state index < -0.39 is 0 Å². The zero-order valence-electron chi connectivity index (χ0n) is 12.8. The summed E-state index contributed by atoms with van der Waals surface area (Å²) in [6.45, 7) is 7.14. The van der Waals surface area contributed by atoms with E-state index in [0.717, 1.165) is 24.4 Å². The number of allylic oxidation sites excluding steroid dienone is 1. The molecule has 5 nitrogen and oxygen atoms in total. The van der Waals surface area contributed by atoms with Crippen molar-refractivity contribution in [2.45, 2.75) is 13.0 Å². The van der Waals surface area contributed by atoms with Crippen LogP contribution >= 0.6 is 11.6 Å². The molecule has 1 aliphatic heterocycles. The van der Waals surface area contributed by atoms with E-state index in [1.807, 2.05) is 29.2 Å². The van der Waals surface area contributed by atoms with Crippen LogP contribution in [0.2, 0.25) is 0 Å². The Bertz CT molecular complexity index is 584. The Kier molecular flexibility index (Phi) is 5.57. The van der Waals surface area contributed by atoms with Crippen LogP contribution in [0.4, 0.5) is 0 Å². The van der Waals surface area contributed by atoms with Crippen LogP contribution in [0.5, 0.6) is 5.75 Å². The maximum Gasteiger partial charge on any atom is 0.174 e. The number of halogens is 1. The highest BCUT2D eigenvalue weighted by atomic mass is 35.5. The molecule has 1 unspecified atom stereocenters. The number of methoxy groups -OCH3 is 1. The second kappa shape index (κ2) is 7.42. The number of nitrogens with one attached hydrogen (secondary N) is 1. The van der Waals surface area contributed by atoms with Crippen molar-refractivity contribution in [3.05, 3.63) is 40.7 Å². The van der Waals surface area contributed by atoms with Crippen molar-refractivity contribution >= 4 is 24.1 Å². The van der Waals surface area contributed by atoms with Gasteiger partial charge >= 0.3 is 0 Å². The molecule has 0 radical (unpaired) electrons. The van der Waals surface area contributed by atoms with Crippen molar-refractivity contribution in [2.24, 2.45) is 4.99 Å². The highest BCUT2D eigenvalue weighted by Gasteiger charge is 2.24. The molecule has 1 aromatic rings. The summed E-state index contributed by atoms with van der Waals surface area (Å²) in [5.41, 5.74) is 1.15. The lowest BCUT2D eigenvalue weighted by Crippen LogP contribution is -2.45. The number of piperazine rings is 1. The number of hydrogen-bond donors (Lipinski definition) is 1. The van der Waals surface area contributed by atoms with Gasteiger partial charge in [-0.1, -0.05) is 23.7 Å². The van der Waals surface area contributed by atoms with Gasteiger partial charge in [0.1, 0.15) is 16.6 Å². The minimum atomic E-state index is -0.205. The third kappa shape index (κ3) is 3.67. The average Bonchev–Trinajstić information content (AvgIpc) is 2.55. The van der Waals surface area contributed by atoms with Crippen molar-refractivity contribution in [1.82, 2.24) is 10.2 Å². The SMILES string of the molecule is C=N/C(=C(/Cl)C(C)=O)N1CCNC(c2ccc(OC)cc2)C1. The van der Waals surface area contributed by atoms with E-state index in [-0.39, 0.29) is 16.9 Å². The summed E-state index contributed by atoms with van der Waals surface area (Å²) >= 11 is 6.07. The molecule has 6 heteroatoms. The fourth-order valence-electron chi connectivity index (χ4n) is 2.47. The lowest BCUT2D eigenvalue weighted by Gasteiger charge is -2.35. The molecule has 22 heavy (non-hydrogen) atoms. The molecule has 1 atom stereocenters. The predicted molar refractivity (Wildman–Crippen MR) is 88.4 cm³/mol. The molecule has 1 aromatic carbocycles. The van der Waals surface area contributed by atoms with Gasteiger partial charge in [-0.3, -0.25) is 4.79 Å². The maximum absolute atomic E-state index is 11.5. The summed E-state index contributed by atoms with van der Waals surface area (Å²) < 4.78 is 5.17. The molecule has 1 aliphatic rings. The molecule has 1 N–H and O–H groups in total. The first-order valence-corrected chi connectivity index (χ1v) is 7.44. The third-order valence-electron chi connectivity index (χ3n) is 3.65. The van der Waals surface area contributed by atoms with Gasteiger partial charge in [0.25, 0.3) is 0 Å². The Morgan fingerprint density at radius 1 is 1.45 bits per heavy atom. The van der Waals surface area contributed by atoms with E-state index in [2.05, 4.69) is 17.0 Å². The molecule has 1 heterocycles. The van der Waals surface area contributed by atoms with Gasteiger partial charge in [0.15, 0.2) is 5.78 Å². The Balaban J connectivity index is 2.19. The minimum absolute atomic E-state index is 0.130. The average molecular weight is 322 g/mol. The fourth-order valence-corrected chi connectivity index (χ4v) is 2.65. The smallest absolute Gasteiger partial charge is 0.174 e. The van der Waals surface area contributed by atoms with Crippen molar-refractivity contribution < 1.29 is 9.53 Å². The first-order valence-electron chi connectivity index (χ1n) is 7.06. The topological polar surface area (TPSA) is 53.9 Å². The second-order valence-corrected chi connectivity index (χ2v) is 5.46. The van der Waals surface area contributed by atoms with Crippen LogP contribution in [0.15, 0.2) is 40.1 Å². The van der Waals surface area contributed by atoms with Crippen molar-refractivity contribution in [1.29, 1.82) is 0 Å². The Morgan fingerprint density at radius 2 is 2.14 bits per heavy atom. The summed E-state index contributed by atoms with van der Waals surface area (Å²) in [6.07, 6.45) is 0. The molecule has 0 aliphatic carbocycles. The predicted octanol–water partition coefficient (Wildman–Crippen LogP) is 2.34. The van der Waals surface area contributed by atoms with E-state index in [0.29, 0.717) is 12.4 Å². The molecule has 2 rings (SSSR count). The highest BCUT2D eigenvalue weighted by molar-refractivity contribution is 6.42. The zero-order chi connectivity index (χ0) is 16.1. The number of hydrogen-bond acceptors (Lipinski definition) is 5. The van der Waals surface area contributed by atoms with Crippen LogP contribution in [0.25, 0.3) is 0 Å². The van der Waals surface area contributed by atoms with Gasteiger partial charge < -0.3 is 15.0 Å². The largest absolute Gasteiger partial charge is 0.497 e. The molecule has 0 amide bonds. The van der Waals surface area contributed by atoms with Crippen LogP contribution in [0.1, 0.15) is 18.5 Å². The number of ether oxygens (including phenoxy) is 1. The molecule has 0 bridgehead atoms. The molecule has 118 valence electrons. The van der Waals surface area contributed by atoms with E-state index in [4.69, 9.17) is 16.3 Å². The van der Waals surface area contributed by atoms with Gasteiger partial charge in [0.2, 0.25) is 0 Å². The summed E-state index contributed by atoms with van der Waals surface area (Å²) in [7, 11) is 1.65. The second-order valence-electron chi connectivity index (χ2n) is 5.08. The van der Waals surface area contributed by atoms with Crippen molar-refractivity contribution in [3.8, 4) is 5.75 Å². The van der Waals surface area contributed by atoms with E-state index >= 15 is 0 Å². The summed E-state index contributed by atoms with van der Waals surface area (Å²) in [4.78, 5) is 17.4. The number of nitrogens with zero attached hydrogens (tertiary/aromatic N) is 2. The number of rotatable bonds is 5. The van der Waals surface area contributed by atoms with Gasteiger partial charge in [-0.05, 0) is 24.4 Å². The Morgan fingerprint density at radius 3 is 2.68 bits per heavy atom. The quantitative estimate of drug-likeness (QED) is 0.668. The molecule has 1 fully saturated rings. The van der Waals surface area contributed by atoms with Crippen LogP contribution in [0.3, 0.4) is 0 Å². The highest BCUT2D eigenvalue weighted by Crippen LogP contribution is 2.24. The van der Waals surface area contributed by atoms with E-state index in [1.165, 1.54) is 6.92 Å². The molecular weight excluding hydrogens is 302 g/mol. The lowest BCUT2D eigenvalue weighted by molar-refractivity contribution is -0.113. The van der Waals surface area contributed by atoms with Gasteiger partial charge in [-0.2, -0.15) is 0 Å². The molecular formula is C16H20ClN3O2. The van der Waals surface area contributed by atoms with E-state index in [1.54, 1.807) is 7.11 Å². The number of ketones is 1. The number of benzene rings is 1.